The molecule has 0 saturated heterocycles. The molecule has 22 heavy (non-hydrogen) atoms. The lowest BCUT2D eigenvalue weighted by Crippen LogP contribution is -2.48. The van der Waals surface area contributed by atoms with Crippen LogP contribution in [0.3, 0.4) is 0 Å². The first-order valence-corrected chi connectivity index (χ1v) is 6.59. The van der Waals surface area contributed by atoms with Crippen LogP contribution in [0.4, 0.5) is 4.39 Å². The molecule has 0 aliphatic rings. The minimum absolute atomic E-state index is 0.0937. The first-order chi connectivity index (χ1) is 10.5. The van der Waals surface area contributed by atoms with Crippen LogP contribution in [0.5, 0.6) is 0 Å². The number of carbonyl (C=O) groups is 2. The second-order valence-corrected chi connectivity index (χ2v) is 4.67. The Labute approximate surface area is 130 Å². The molecule has 2 rings (SSSR count). The summed E-state index contributed by atoms with van der Waals surface area (Å²) in [5.74, 6) is -0.962. The number of hydrogen-bond acceptors (Lipinski definition) is 4. The molecule has 0 spiro atoms. The number of aryl methyl sites for hydroxylation is 1. The molecule has 0 bridgehead atoms. The van der Waals surface area contributed by atoms with Gasteiger partial charge in [0.2, 0.25) is 0 Å². The largest absolute Gasteiger partial charge is 0.469 e. The Hall–Kier alpha value is -2.74. The van der Waals surface area contributed by atoms with Gasteiger partial charge in [-0.1, -0.05) is 0 Å². The predicted molar refractivity (Wildman–Crippen MR) is 80.5 cm³/mol. The molecule has 0 aliphatic carbocycles. The Morgan fingerprint density at radius 3 is 2.36 bits per heavy atom. The fourth-order valence-electron chi connectivity index (χ4n) is 1.61. The fraction of sp³-hybridized carbons (Fsp3) is 0.0714. The van der Waals surface area contributed by atoms with Crippen molar-refractivity contribution in [2.45, 2.75) is 6.92 Å². The van der Waals surface area contributed by atoms with Crippen molar-refractivity contribution in [1.82, 2.24) is 16.2 Å². The number of furan rings is 1. The van der Waals surface area contributed by atoms with Gasteiger partial charge in [0.15, 0.2) is 5.11 Å². The van der Waals surface area contributed by atoms with Crippen molar-refractivity contribution in [2.24, 2.45) is 0 Å². The topological polar surface area (TPSA) is 83.4 Å². The zero-order chi connectivity index (χ0) is 16.1. The average Bonchev–Trinajstić information content (AvgIpc) is 2.91. The van der Waals surface area contributed by atoms with Gasteiger partial charge in [-0.25, -0.2) is 4.39 Å². The van der Waals surface area contributed by atoms with Crippen LogP contribution in [-0.4, -0.2) is 16.9 Å². The zero-order valence-electron chi connectivity index (χ0n) is 11.5. The van der Waals surface area contributed by atoms with Gasteiger partial charge in [-0.05, 0) is 49.5 Å². The maximum absolute atomic E-state index is 12.8. The molecular formula is C14H12FN3O3S. The summed E-state index contributed by atoms with van der Waals surface area (Å²) in [4.78, 5) is 23.6. The molecule has 2 amide bonds. The van der Waals surface area contributed by atoms with E-state index < -0.39 is 17.6 Å². The van der Waals surface area contributed by atoms with Crippen molar-refractivity contribution in [2.75, 3.05) is 0 Å². The molecule has 114 valence electrons. The van der Waals surface area contributed by atoms with Gasteiger partial charge in [-0.15, -0.1) is 0 Å². The molecular weight excluding hydrogens is 309 g/mol. The van der Waals surface area contributed by atoms with Crippen molar-refractivity contribution in [3.63, 3.8) is 0 Å². The number of thiocarbonyl (C=S) groups is 1. The minimum atomic E-state index is -0.522. The van der Waals surface area contributed by atoms with Gasteiger partial charge in [0.25, 0.3) is 11.8 Å². The lowest BCUT2D eigenvalue weighted by molar-refractivity contribution is 0.0933. The summed E-state index contributed by atoms with van der Waals surface area (Å²) in [6, 6.07) is 6.47. The maximum atomic E-state index is 12.8. The number of benzene rings is 1. The monoisotopic (exact) mass is 321 g/mol. The van der Waals surface area contributed by atoms with E-state index in [0.29, 0.717) is 11.3 Å². The van der Waals surface area contributed by atoms with Crippen LogP contribution < -0.4 is 16.2 Å². The van der Waals surface area contributed by atoms with Gasteiger partial charge < -0.3 is 4.42 Å². The van der Waals surface area contributed by atoms with Crippen LogP contribution in [-0.2, 0) is 0 Å². The van der Waals surface area contributed by atoms with Crippen molar-refractivity contribution >= 4 is 29.1 Å². The number of rotatable bonds is 2. The van der Waals surface area contributed by atoms with E-state index in [4.69, 9.17) is 16.6 Å². The third-order valence-corrected chi connectivity index (χ3v) is 2.93. The smallest absolute Gasteiger partial charge is 0.273 e. The molecule has 0 atom stereocenters. The second kappa shape index (κ2) is 6.81. The number of carbonyl (C=O) groups excluding carboxylic acids is 2. The molecule has 0 fully saturated rings. The van der Waals surface area contributed by atoms with E-state index in [0.717, 1.165) is 12.1 Å². The zero-order valence-corrected chi connectivity index (χ0v) is 12.3. The van der Waals surface area contributed by atoms with Crippen LogP contribution in [0, 0.1) is 12.7 Å². The van der Waals surface area contributed by atoms with Crippen LogP contribution in [0.15, 0.2) is 41.0 Å². The van der Waals surface area contributed by atoms with E-state index in [2.05, 4.69) is 16.2 Å². The first kappa shape index (κ1) is 15.6. The summed E-state index contributed by atoms with van der Waals surface area (Å²) in [6.45, 7) is 1.64. The second-order valence-electron chi connectivity index (χ2n) is 4.26. The van der Waals surface area contributed by atoms with Crippen LogP contribution in [0.1, 0.15) is 26.5 Å². The van der Waals surface area contributed by atoms with E-state index in [-0.39, 0.29) is 10.7 Å². The molecule has 1 heterocycles. The van der Waals surface area contributed by atoms with Gasteiger partial charge in [-0.2, -0.15) is 0 Å². The molecule has 8 heteroatoms. The number of amides is 2. The van der Waals surface area contributed by atoms with Crippen molar-refractivity contribution in [3.8, 4) is 0 Å². The standard InChI is InChI=1S/C14H12FN3O3S/c1-8-11(6-7-21-8)13(20)17-18-14(22)16-12(19)9-2-4-10(15)5-3-9/h2-7H,1H3,(H,17,20)(H2,16,18,19,22). The predicted octanol–water partition coefficient (Wildman–Crippen LogP) is 1.68. The summed E-state index contributed by atoms with van der Waals surface area (Å²) in [6.07, 6.45) is 1.39. The molecule has 6 nitrogen and oxygen atoms in total. The lowest BCUT2D eigenvalue weighted by Gasteiger charge is -2.10. The van der Waals surface area contributed by atoms with Crippen molar-refractivity contribution in [1.29, 1.82) is 0 Å². The quantitative estimate of drug-likeness (QED) is 0.579. The Morgan fingerprint density at radius 2 is 1.77 bits per heavy atom. The summed E-state index contributed by atoms with van der Waals surface area (Å²) in [5.41, 5.74) is 5.31. The van der Waals surface area contributed by atoms with Crippen LogP contribution in [0.2, 0.25) is 0 Å². The maximum Gasteiger partial charge on any atom is 0.273 e. The van der Waals surface area contributed by atoms with Crippen molar-refractivity contribution < 1.29 is 18.4 Å². The molecule has 0 radical (unpaired) electrons. The Kier molecular flexibility index (Phi) is 4.84. The molecule has 0 aliphatic heterocycles. The minimum Gasteiger partial charge on any atom is -0.469 e. The van der Waals surface area contributed by atoms with E-state index in [9.17, 15) is 14.0 Å². The fourth-order valence-corrected chi connectivity index (χ4v) is 1.75. The molecule has 1 aromatic heterocycles. The summed E-state index contributed by atoms with van der Waals surface area (Å²) >= 11 is 4.88. The highest BCUT2D eigenvalue weighted by Gasteiger charge is 2.12. The highest BCUT2D eigenvalue weighted by atomic mass is 32.1. The van der Waals surface area contributed by atoms with E-state index in [1.165, 1.54) is 24.5 Å². The third-order valence-electron chi connectivity index (χ3n) is 2.73. The van der Waals surface area contributed by atoms with E-state index >= 15 is 0 Å². The Morgan fingerprint density at radius 1 is 1.09 bits per heavy atom. The van der Waals surface area contributed by atoms with Gasteiger partial charge in [-0.3, -0.25) is 25.8 Å². The lowest BCUT2D eigenvalue weighted by atomic mass is 10.2. The van der Waals surface area contributed by atoms with Gasteiger partial charge in [0.05, 0.1) is 11.8 Å². The molecule has 3 N–H and O–H groups in total. The summed E-state index contributed by atoms with van der Waals surface area (Å²) < 4.78 is 17.8. The molecule has 2 aromatic rings. The highest BCUT2D eigenvalue weighted by Crippen LogP contribution is 2.07. The Balaban J connectivity index is 1.85. The molecule has 1 aromatic carbocycles. The Bertz CT molecular complexity index is 712. The van der Waals surface area contributed by atoms with Crippen LogP contribution >= 0.6 is 12.2 Å². The van der Waals surface area contributed by atoms with Gasteiger partial charge in [0, 0.05) is 5.56 Å². The first-order valence-electron chi connectivity index (χ1n) is 6.18. The van der Waals surface area contributed by atoms with Gasteiger partial charge >= 0.3 is 0 Å². The number of hydrazine groups is 1. The molecule has 0 unspecified atom stereocenters. The molecule has 0 saturated carbocycles. The number of halogens is 1. The van der Waals surface area contributed by atoms with Crippen LogP contribution in [0.25, 0.3) is 0 Å². The normalized spacial score (nSPS) is 9.91. The highest BCUT2D eigenvalue weighted by molar-refractivity contribution is 7.80. The van der Waals surface area contributed by atoms with E-state index in [1.54, 1.807) is 6.92 Å². The average molecular weight is 321 g/mol. The third kappa shape index (κ3) is 3.89. The van der Waals surface area contributed by atoms with E-state index in [1.807, 2.05) is 0 Å². The summed E-state index contributed by atoms with van der Waals surface area (Å²) in [5, 5.41) is 2.26. The van der Waals surface area contributed by atoms with Gasteiger partial charge in [0.1, 0.15) is 11.6 Å². The van der Waals surface area contributed by atoms with Crippen molar-refractivity contribution in [3.05, 3.63) is 59.3 Å². The number of hydrogen-bond donors (Lipinski definition) is 3. The SMILES string of the molecule is Cc1occc1C(=O)NNC(=S)NC(=O)c1ccc(F)cc1. The summed E-state index contributed by atoms with van der Waals surface area (Å²) in [7, 11) is 0. The number of nitrogens with one attached hydrogen (secondary N) is 3.